The average molecular weight is 160 g/mol. The van der Waals surface area contributed by atoms with Crippen molar-refractivity contribution >= 4 is 5.76 Å². The van der Waals surface area contributed by atoms with Crippen molar-refractivity contribution in [1.29, 1.82) is 0 Å². The summed E-state index contributed by atoms with van der Waals surface area (Å²) in [5, 5.41) is 22.2. The molecule has 61 valence electrons. The van der Waals surface area contributed by atoms with Crippen molar-refractivity contribution in [2.24, 2.45) is 0 Å². The Morgan fingerprint density at radius 3 is 2.83 bits per heavy atom. The van der Waals surface area contributed by atoms with Crippen LogP contribution in [0.4, 0.5) is 0 Å². The monoisotopic (exact) mass is 160 g/mol. The number of hydrogen-bond acceptors (Lipinski definition) is 1. The maximum atomic E-state index is 11.2. The second-order valence-electron chi connectivity index (χ2n) is 3.03. The zero-order chi connectivity index (χ0) is 8.72. The van der Waals surface area contributed by atoms with Crippen molar-refractivity contribution in [3.8, 4) is 0 Å². The lowest BCUT2D eigenvalue weighted by Gasteiger charge is -2.04. The Morgan fingerprint density at radius 1 is 1.42 bits per heavy atom. The summed E-state index contributed by atoms with van der Waals surface area (Å²) < 4.78 is 0. The van der Waals surface area contributed by atoms with E-state index in [1.54, 1.807) is 6.07 Å². The molecule has 0 spiro atoms. The van der Waals surface area contributed by atoms with Crippen LogP contribution >= 0.6 is 0 Å². The molecule has 1 aromatic rings. The molecule has 1 aliphatic rings. The topological polar surface area (TPSA) is 43.0 Å². The van der Waals surface area contributed by atoms with Gasteiger partial charge >= 0.3 is 0 Å². The van der Waals surface area contributed by atoms with Crippen molar-refractivity contribution in [2.45, 2.75) is 13.3 Å². The molecule has 0 heterocycles. The Labute approximate surface area is 70.8 Å². The fourth-order valence-electron chi connectivity index (χ4n) is 1.54. The Balaban J connectivity index is 2.64. The molecule has 0 aromatic heterocycles. The molecule has 0 bridgehead atoms. The molecule has 0 saturated carbocycles. The molecule has 0 unspecified atom stereocenters. The Hall–Kier alpha value is -1.44. The highest BCUT2D eigenvalue weighted by molar-refractivity contribution is 5.69. The summed E-state index contributed by atoms with van der Waals surface area (Å²) in [5.41, 5.74) is 2.54. The number of allylic oxidation sites excluding steroid dienone is 1. The van der Waals surface area contributed by atoms with Crippen LogP contribution in [0.15, 0.2) is 24.0 Å². The van der Waals surface area contributed by atoms with E-state index in [-0.39, 0.29) is 11.5 Å². The van der Waals surface area contributed by atoms with Gasteiger partial charge in [0.1, 0.15) is 0 Å². The molecule has 0 N–H and O–H groups in total. The third kappa shape index (κ3) is 0.811. The fourth-order valence-corrected chi connectivity index (χ4v) is 1.54. The molecule has 0 amide bonds. The van der Waals surface area contributed by atoms with Gasteiger partial charge in [0.15, 0.2) is 5.76 Å². The maximum Gasteiger partial charge on any atom is 0.174 e. The zero-order valence-corrected chi connectivity index (χ0v) is 6.76. The smallest absolute Gasteiger partial charge is 0.174 e. The van der Waals surface area contributed by atoms with Crippen LogP contribution in [0.25, 0.3) is 5.76 Å². The van der Waals surface area contributed by atoms with Crippen LogP contribution in [0.5, 0.6) is 0 Å². The minimum Gasteiger partial charge on any atom is -0.873 e. The van der Waals surface area contributed by atoms with Crippen LogP contribution in [0.2, 0.25) is 0 Å². The van der Waals surface area contributed by atoms with Crippen LogP contribution in [0.1, 0.15) is 16.7 Å². The van der Waals surface area contributed by atoms with Gasteiger partial charge < -0.3 is 5.11 Å². The number of benzene rings is 1. The Morgan fingerprint density at radius 2 is 2.17 bits per heavy atom. The molecule has 1 aromatic carbocycles. The molecule has 1 radical (unpaired) electrons. The predicted molar refractivity (Wildman–Crippen MR) is 42.5 cm³/mol. The summed E-state index contributed by atoms with van der Waals surface area (Å²) in [6, 6.07) is 5.45. The minimum absolute atomic E-state index is 0.278. The van der Waals surface area contributed by atoms with E-state index in [0.717, 1.165) is 11.1 Å². The van der Waals surface area contributed by atoms with E-state index in [4.69, 9.17) is 0 Å². The molecule has 0 atom stereocenters. The van der Waals surface area contributed by atoms with E-state index in [1.807, 2.05) is 19.1 Å². The third-order valence-electron chi connectivity index (χ3n) is 2.25. The predicted octanol–water partition coefficient (Wildman–Crippen LogP) is 1.01. The Kier molecular flexibility index (Phi) is 1.37. The van der Waals surface area contributed by atoms with Crippen molar-refractivity contribution in [3.63, 3.8) is 0 Å². The standard InChI is InChI=1S/C10H9O2/c1-6-3-2-4-7-8(6)5-9(11)10(7)12/h2-4,11H,5H2,1H3/p-1. The SMILES string of the molecule is Cc1cccc2c1CC([O-])=C2[O]. The number of hydrogen-bond donors (Lipinski definition) is 0. The van der Waals surface area contributed by atoms with Crippen LogP contribution in [0, 0.1) is 6.92 Å². The van der Waals surface area contributed by atoms with Crippen molar-refractivity contribution < 1.29 is 10.2 Å². The van der Waals surface area contributed by atoms with Gasteiger partial charge in [0.25, 0.3) is 0 Å². The number of fused-ring (bicyclic) bond motifs is 1. The second-order valence-corrected chi connectivity index (χ2v) is 3.03. The van der Waals surface area contributed by atoms with E-state index >= 15 is 0 Å². The van der Waals surface area contributed by atoms with Crippen LogP contribution < -0.4 is 5.11 Å². The van der Waals surface area contributed by atoms with E-state index in [1.165, 1.54) is 0 Å². The van der Waals surface area contributed by atoms with Crippen LogP contribution in [-0.4, -0.2) is 0 Å². The Bertz CT molecular complexity index is 364. The first-order valence-corrected chi connectivity index (χ1v) is 3.86. The summed E-state index contributed by atoms with van der Waals surface area (Å²) in [7, 11) is 0. The highest BCUT2D eigenvalue weighted by Crippen LogP contribution is 2.30. The summed E-state index contributed by atoms with van der Waals surface area (Å²) >= 11 is 0. The molecule has 0 saturated heterocycles. The highest BCUT2D eigenvalue weighted by Gasteiger charge is 2.17. The molecule has 2 nitrogen and oxygen atoms in total. The maximum absolute atomic E-state index is 11.2. The third-order valence-corrected chi connectivity index (χ3v) is 2.25. The van der Waals surface area contributed by atoms with Crippen LogP contribution in [0.3, 0.4) is 0 Å². The van der Waals surface area contributed by atoms with Gasteiger partial charge in [-0.2, -0.15) is 0 Å². The lowest BCUT2D eigenvalue weighted by Crippen LogP contribution is -2.03. The number of rotatable bonds is 0. The van der Waals surface area contributed by atoms with Crippen molar-refractivity contribution in [1.82, 2.24) is 0 Å². The van der Waals surface area contributed by atoms with E-state index in [9.17, 15) is 10.2 Å². The summed E-state index contributed by atoms with van der Waals surface area (Å²) in [6.45, 7) is 1.92. The molecule has 2 heteroatoms. The molecule has 2 rings (SSSR count). The van der Waals surface area contributed by atoms with Gasteiger partial charge in [0, 0.05) is 5.56 Å². The number of aryl methyl sites for hydroxylation is 1. The fraction of sp³-hybridized carbons (Fsp3) is 0.200. The van der Waals surface area contributed by atoms with E-state index in [0.29, 0.717) is 12.0 Å². The van der Waals surface area contributed by atoms with Crippen molar-refractivity contribution in [2.75, 3.05) is 0 Å². The van der Waals surface area contributed by atoms with Gasteiger partial charge in [-0.1, -0.05) is 24.0 Å². The molecular formula is C10H8O2-. The molecule has 0 aliphatic heterocycles. The molecule has 1 aliphatic carbocycles. The van der Waals surface area contributed by atoms with Gasteiger partial charge in [0.2, 0.25) is 0 Å². The molecular weight excluding hydrogens is 152 g/mol. The lowest BCUT2D eigenvalue weighted by molar-refractivity contribution is -0.305. The van der Waals surface area contributed by atoms with Crippen molar-refractivity contribution in [3.05, 3.63) is 40.6 Å². The van der Waals surface area contributed by atoms with Gasteiger partial charge in [-0.25, -0.2) is 0 Å². The minimum atomic E-state index is -0.325. The van der Waals surface area contributed by atoms with Crippen LogP contribution in [-0.2, 0) is 11.5 Å². The molecule has 12 heavy (non-hydrogen) atoms. The summed E-state index contributed by atoms with van der Waals surface area (Å²) in [4.78, 5) is 0. The summed E-state index contributed by atoms with van der Waals surface area (Å²) in [5.74, 6) is -0.604. The van der Waals surface area contributed by atoms with Gasteiger partial charge in [-0.15, -0.1) is 0 Å². The van der Waals surface area contributed by atoms with E-state index in [2.05, 4.69) is 0 Å². The zero-order valence-electron chi connectivity index (χ0n) is 6.76. The molecule has 0 fully saturated rings. The first-order valence-electron chi connectivity index (χ1n) is 3.86. The quantitative estimate of drug-likeness (QED) is 0.558. The summed E-state index contributed by atoms with van der Waals surface area (Å²) in [6.07, 6.45) is 0.292. The van der Waals surface area contributed by atoms with Gasteiger partial charge in [-0.3, -0.25) is 5.11 Å². The normalized spacial score (nSPS) is 15.1. The first-order chi connectivity index (χ1) is 5.70. The lowest BCUT2D eigenvalue weighted by atomic mass is 10.0. The highest BCUT2D eigenvalue weighted by atomic mass is 16.3. The average Bonchev–Trinajstić information content (AvgIpc) is 2.32. The van der Waals surface area contributed by atoms with E-state index < -0.39 is 0 Å². The van der Waals surface area contributed by atoms with Gasteiger partial charge in [0.05, 0.1) is 0 Å². The van der Waals surface area contributed by atoms with Gasteiger partial charge in [-0.05, 0) is 24.5 Å². The second kappa shape index (κ2) is 2.27. The first kappa shape index (κ1) is 7.22. The largest absolute Gasteiger partial charge is 0.873 e.